The lowest BCUT2D eigenvalue weighted by Gasteiger charge is -2.32. The van der Waals surface area contributed by atoms with Crippen LogP contribution in [-0.4, -0.2) is 16.1 Å². The summed E-state index contributed by atoms with van der Waals surface area (Å²) in [6, 6.07) is 21.7. The molecular weight excluding hydrogens is 393 g/mol. The molecule has 146 valence electrons. The molecule has 29 heavy (non-hydrogen) atoms. The lowest BCUT2D eigenvalue weighted by atomic mass is 10.0. The SMILES string of the molecule is O=C1C(c2ccccc2F)=CC(O)(c2ccccc2Cl)N1OCc1ccccc1. The minimum Gasteiger partial charge on any atom is -0.362 e. The molecule has 6 heteroatoms. The third kappa shape index (κ3) is 3.56. The summed E-state index contributed by atoms with van der Waals surface area (Å²) < 4.78 is 14.4. The Labute approximate surface area is 172 Å². The van der Waals surface area contributed by atoms with Crippen LogP contribution < -0.4 is 0 Å². The molecule has 0 aromatic heterocycles. The van der Waals surface area contributed by atoms with E-state index in [0.29, 0.717) is 0 Å². The van der Waals surface area contributed by atoms with E-state index in [1.165, 1.54) is 24.3 Å². The zero-order valence-electron chi connectivity index (χ0n) is 15.3. The summed E-state index contributed by atoms with van der Waals surface area (Å²) in [5.74, 6) is -1.23. The molecule has 0 bridgehead atoms. The van der Waals surface area contributed by atoms with Crippen LogP contribution in [0.1, 0.15) is 16.7 Å². The molecule has 1 unspecified atom stereocenters. The van der Waals surface area contributed by atoms with Gasteiger partial charge in [0.2, 0.25) is 5.72 Å². The first kappa shape index (κ1) is 19.3. The molecule has 3 aromatic rings. The van der Waals surface area contributed by atoms with Gasteiger partial charge in [-0.3, -0.25) is 9.63 Å². The molecule has 4 rings (SSSR count). The molecule has 1 amide bonds. The van der Waals surface area contributed by atoms with Gasteiger partial charge in [0.05, 0.1) is 5.57 Å². The van der Waals surface area contributed by atoms with Crippen molar-refractivity contribution in [3.63, 3.8) is 0 Å². The molecular formula is C23H17ClFNO3. The number of carbonyl (C=O) groups is 1. The normalized spacial score (nSPS) is 18.8. The van der Waals surface area contributed by atoms with Crippen LogP contribution >= 0.6 is 11.6 Å². The molecule has 1 aliphatic heterocycles. The predicted octanol–water partition coefficient (Wildman–Crippen LogP) is 4.68. The first-order valence-electron chi connectivity index (χ1n) is 8.97. The van der Waals surface area contributed by atoms with Crippen molar-refractivity contribution in [3.8, 4) is 0 Å². The number of carbonyl (C=O) groups excluding carboxylic acids is 1. The van der Waals surface area contributed by atoms with Crippen LogP contribution in [0.2, 0.25) is 5.02 Å². The lowest BCUT2D eigenvalue weighted by Crippen LogP contribution is -2.44. The predicted molar refractivity (Wildman–Crippen MR) is 108 cm³/mol. The Morgan fingerprint density at radius 3 is 2.34 bits per heavy atom. The van der Waals surface area contributed by atoms with Gasteiger partial charge in [-0.15, -0.1) is 0 Å². The Kier molecular flexibility index (Phi) is 5.20. The summed E-state index contributed by atoms with van der Waals surface area (Å²) in [5, 5.41) is 12.6. The average Bonchev–Trinajstić information content (AvgIpc) is 2.99. The van der Waals surface area contributed by atoms with Crippen molar-refractivity contribution in [1.82, 2.24) is 5.06 Å². The first-order chi connectivity index (χ1) is 14.0. The van der Waals surface area contributed by atoms with Gasteiger partial charge in [-0.2, -0.15) is 5.06 Å². The third-order valence-electron chi connectivity index (χ3n) is 4.71. The van der Waals surface area contributed by atoms with Gasteiger partial charge in [0.1, 0.15) is 12.4 Å². The van der Waals surface area contributed by atoms with Gasteiger partial charge >= 0.3 is 0 Å². The number of rotatable bonds is 5. The number of hydroxylamine groups is 2. The Morgan fingerprint density at radius 1 is 0.966 bits per heavy atom. The third-order valence-corrected chi connectivity index (χ3v) is 5.04. The summed E-state index contributed by atoms with van der Waals surface area (Å²) in [5.41, 5.74) is -0.843. The van der Waals surface area contributed by atoms with Gasteiger partial charge in [0.25, 0.3) is 5.91 Å². The van der Waals surface area contributed by atoms with Crippen molar-refractivity contribution in [3.05, 3.63) is 112 Å². The van der Waals surface area contributed by atoms with E-state index in [9.17, 15) is 14.3 Å². The number of hydrogen-bond acceptors (Lipinski definition) is 3. The molecule has 1 N–H and O–H groups in total. The highest BCUT2D eigenvalue weighted by atomic mass is 35.5. The second-order valence-corrected chi connectivity index (χ2v) is 7.01. The van der Waals surface area contributed by atoms with Crippen LogP contribution in [0.15, 0.2) is 84.9 Å². The van der Waals surface area contributed by atoms with Gasteiger partial charge in [-0.1, -0.05) is 78.3 Å². The van der Waals surface area contributed by atoms with E-state index in [-0.39, 0.29) is 28.3 Å². The second-order valence-electron chi connectivity index (χ2n) is 6.60. The summed E-state index contributed by atoms with van der Waals surface area (Å²) in [7, 11) is 0. The molecule has 0 radical (unpaired) electrons. The van der Waals surface area contributed by atoms with Crippen LogP contribution in [0.3, 0.4) is 0 Å². The number of amides is 1. The monoisotopic (exact) mass is 409 g/mol. The maximum atomic E-state index is 14.4. The summed E-state index contributed by atoms with van der Waals surface area (Å²) in [6.07, 6.45) is 1.28. The average molecular weight is 410 g/mol. The largest absolute Gasteiger partial charge is 0.362 e. The van der Waals surface area contributed by atoms with Gasteiger partial charge in [0.15, 0.2) is 0 Å². The number of halogens is 2. The van der Waals surface area contributed by atoms with Crippen molar-refractivity contribution < 1.29 is 19.1 Å². The summed E-state index contributed by atoms with van der Waals surface area (Å²) >= 11 is 6.29. The standard InChI is InChI=1S/C23H17ClFNO3/c24-20-12-6-5-11-19(20)23(28)14-18(17-10-4-7-13-21(17)25)22(27)26(23)29-15-16-8-2-1-3-9-16/h1-14,28H,15H2. The van der Waals surface area contributed by atoms with Crippen LogP contribution in [0.4, 0.5) is 4.39 Å². The number of aliphatic hydroxyl groups is 1. The Hall–Kier alpha value is -2.99. The minimum absolute atomic E-state index is 0.00131. The number of nitrogens with zero attached hydrogens (tertiary/aromatic N) is 1. The Morgan fingerprint density at radius 2 is 1.62 bits per heavy atom. The van der Waals surface area contributed by atoms with Crippen LogP contribution in [0.25, 0.3) is 5.57 Å². The van der Waals surface area contributed by atoms with Crippen LogP contribution in [0.5, 0.6) is 0 Å². The van der Waals surface area contributed by atoms with E-state index in [4.69, 9.17) is 16.4 Å². The van der Waals surface area contributed by atoms with Gasteiger partial charge in [-0.25, -0.2) is 4.39 Å². The summed E-state index contributed by atoms with van der Waals surface area (Å²) in [6.45, 7) is 0.0394. The fourth-order valence-electron chi connectivity index (χ4n) is 3.28. The van der Waals surface area contributed by atoms with E-state index in [0.717, 1.165) is 10.6 Å². The van der Waals surface area contributed by atoms with Crippen molar-refractivity contribution in [1.29, 1.82) is 0 Å². The van der Waals surface area contributed by atoms with Gasteiger partial charge < -0.3 is 5.11 Å². The molecule has 0 saturated carbocycles. The van der Waals surface area contributed by atoms with Crippen molar-refractivity contribution in [2.45, 2.75) is 12.3 Å². The minimum atomic E-state index is -1.98. The quantitative estimate of drug-likeness (QED) is 0.665. The van der Waals surface area contributed by atoms with E-state index >= 15 is 0 Å². The topological polar surface area (TPSA) is 49.8 Å². The highest BCUT2D eigenvalue weighted by Crippen LogP contribution is 2.42. The molecule has 1 aliphatic rings. The van der Waals surface area contributed by atoms with E-state index in [1.807, 2.05) is 30.3 Å². The second kappa shape index (κ2) is 7.79. The molecule has 0 saturated heterocycles. The highest BCUT2D eigenvalue weighted by Gasteiger charge is 2.48. The van der Waals surface area contributed by atoms with E-state index < -0.39 is 17.4 Å². The fourth-order valence-corrected chi connectivity index (χ4v) is 3.55. The van der Waals surface area contributed by atoms with Gasteiger partial charge in [-0.05, 0) is 23.8 Å². The molecule has 0 aliphatic carbocycles. The van der Waals surface area contributed by atoms with Gasteiger partial charge in [0, 0.05) is 16.1 Å². The molecule has 1 heterocycles. The zero-order chi connectivity index (χ0) is 20.4. The van der Waals surface area contributed by atoms with Crippen molar-refractivity contribution >= 4 is 23.1 Å². The first-order valence-corrected chi connectivity index (χ1v) is 9.35. The highest BCUT2D eigenvalue weighted by molar-refractivity contribution is 6.31. The molecule has 1 atom stereocenters. The Balaban J connectivity index is 1.77. The summed E-state index contributed by atoms with van der Waals surface area (Å²) in [4.78, 5) is 18.9. The molecule has 0 fully saturated rings. The molecule has 0 spiro atoms. The number of hydrogen-bond donors (Lipinski definition) is 1. The number of benzene rings is 3. The maximum Gasteiger partial charge on any atom is 0.281 e. The Bertz CT molecular complexity index is 1090. The van der Waals surface area contributed by atoms with E-state index in [2.05, 4.69) is 0 Å². The molecule has 4 nitrogen and oxygen atoms in total. The zero-order valence-corrected chi connectivity index (χ0v) is 16.0. The lowest BCUT2D eigenvalue weighted by molar-refractivity contribution is -0.262. The molecule has 3 aromatic carbocycles. The smallest absolute Gasteiger partial charge is 0.281 e. The van der Waals surface area contributed by atoms with Crippen molar-refractivity contribution in [2.24, 2.45) is 0 Å². The van der Waals surface area contributed by atoms with Crippen LogP contribution in [-0.2, 0) is 22.0 Å². The van der Waals surface area contributed by atoms with Crippen LogP contribution in [0, 0.1) is 5.82 Å². The fraction of sp³-hybridized carbons (Fsp3) is 0.0870. The van der Waals surface area contributed by atoms with Crippen molar-refractivity contribution in [2.75, 3.05) is 0 Å². The van der Waals surface area contributed by atoms with E-state index in [1.54, 1.807) is 30.3 Å². The maximum absolute atomic E-state index is 14.4.